The van der Waals surface area contributed by atoms with E-state index in [9.17, 15) is 0 Å². The lowest BCUT2D eigenvalue weighted by Crippen LogP contribution is -1.96. The van der Waals surface area contributed by atoms with Gasteiger partial charge in [-0.3, -0.25) is 0 Å². The van der Waals surface area contributed by atoms with Gasteiger partial charge in [-0.15, -0.1) is 10.2 Å². The van der Waals surface area contributed by atoms with Crippen LogP contribution in [0.3, 0.4) is 0 Å². The fourth-order valence-electron chi connectivity index (χ4n) is 3.26. The van der Waals surface area contributed by atoms with Crippen molar-refractivity contribution in [2.45, 2.75) is 10.5 Å². The van der Waals surface area contributed by atoms with E-state index in [2.05, 4.69) is 34.5 Å². The van der Waals surface area contributed by atoms with Crippen LogP contribution in [0.4, 0.5) is 0 Å². The predicted molar refractivity (Wildman–Crippen MR) is 120 cm³/mol. The second-order valence-electron chi connectivity index (χ2n) is 6.61. The molecule has 0 bridgehead atoms. The highest BCUT2D eigenvalue weighted by Crippen LogP contribution is 2.43. The van der Waals surface area contributed by atoms with Crippen molar-refractivity contribution in [1.82, 2.24) is 10.2 Å². The molecule has 0 unspecified atom stereocenters. The summed E-state index contributed by atoms with van der Waals surface area (Å²) in [6.07, 6.45) is 0. The largest absolute Gasteiger partial charge is 0.493 e. The van der Waals surface area contributed by atoms with Gasteiger partial charge in [0.05, 0.1) is 26.6 Å². The minimum absolute atomic E-state index is 0.0237. The third-order valence-electron chi connectivity index (χ3n) is 4.74. The molecule has 3 aromatic carbocycles. The smallest absolute Gasteiger partial charge is 0.277 e. The van der Waals surface area contributed by atoms with Crippen molar-refractivity contribution < 1.29 is 18.6 Å². The Morgan fingerprint density at radius 3 is 1.77 bits per heavy atom. The molecule has 0 N–H and O–H groups in total. The highest BCUT2D eigenvalue weighted by Gasteiger charge is 2.21. The molecular weight excluding hydrogens is 412 g/mol. The van der Waals surface area contributed by atoms with Crippen LogP contribution >= 0.6 is 11.8 Å². The average Bonchev–Trinajstić information content (AvgIpc) is 3.31. The molecule has 0 aliphatic carbocycles. The fraction of sp³-hybridized carbons (Fsp3) is 0.167. The molecule has 1 heterocycles. The Hall–Kier alpha value is -3.45. The first-order valence-electron chi connectivity index (χ1n) is 9.64. The Bertz CT molecular complexity index is 1070. The van der Waals surface area contributed by atoms with Crippen LogP contribution in [0, 0.1) is 0 Å². The van der Waals surface area contributed by atoms with Crippen LogP contribution in [-0.2, 0) is 0 Å². The lowest BCUT2D eigenvalue weighted by molar-refractivity contribution is 0.324. The maximum Gasteiger partial charge on any atom is 0.277 e. The summed E-state index contributed by atoms with van der Waals surface area (Å²) < 4.78 is 22.2. The van der Waals surface area contributed by atoms with Crippen molar-refractivity contribution in [2.75, 3.05) is 21.3 Å². The van der Waals surface area contributed by atoms with Gasteiger partial charge in [-0.25, -0.2) is 0 Å². The maximum absolute atomic E-state index is 6.00. The van der Waals surface area contributed by atoms with Crippen molar-refractivity contribution in [3.8, 4) is 28.7 Å². The van der Waals surface area contributed by atoms with Gasteiger partial charge in [-0.05, 0) is 23.3 Å². The molecule has 0 fully saturated rings. The monoisotopic (exact) mass is 434 g/mol. The van der Waals surface area contributed by atoms with Gasteiger partial charge in [0.1, 0.15) is 0 Å². The molecule has 0 atom stereocenters. The Balaban J connectivity index is 1.67. The first-order chi connectivity index (χ1) is 15.2. The quantitative estimate of drug-likeness (QED) is 0.332. The molecule has 4 aromatic rings. The van der Waals surface area contributed by atoms with E-state index in [4.69, 9.17) is 18.6 Å². The zero-order valence-corrected chi connectivity index (χ0v) is 18.3. The van der Waals surface area contributed by atoms with E-state index in [1.165, 1.54) is 11.8 Å². The molecule has 0 saturated heterocycles. The summed E-state index contributed by atoms with van der Waals surface area (Å²) in [6, 6.07) is 24.1. The molecule has 1 aromatic heterocycles. The highest BCUT2D eigenvalue weighted by atomic mass is 32.2. The van der Waals surface area contributed by atoms with Crippen LogP contribution < -0.4 is 14.2 Å². The van der Waals surface area contributed by atoms with Gasteiger partial charge in [-0.2, -0.15) is 0 Å². The van der Waals surface area contributed by atoms with E-state index in [-0.39, 0.29) is 5.25 Å². The van der Waals surface area contributed by atoms with Crippen LogP contribution in [0.25, 0.3) is 11.5 Å². The number of hydrogen-bond acceptors (Lipinski definition) is 7. The highest BCUT2D eigenvalue weighted by molar-refractivity contribution is 7.99. The Morgan fingerprint density at radius 1 is 0.742 bits per heavy atom. The summed E-state index contributed by atoms with van der Waals surface area (Å²) in [5.74, 6) is 1.93. The van der Waals surface area contributed by atoms with Crippen molar-refractivity contribution >= 4 is 11.8 Å². The predicted octanol–water partition coefficient (Wildman–Crippen LogP) is 5.64. The number of benzene rings is 3. The van der Waals surface area contributed by atoms with Crippen molar-refractivity contribution in [3.05, 3.63) is 83.9 Å². The van der Waals surface area contributed by atoms with Gasteiger partial charge < -0.3 is 18.6 Å². The number of ether oxygens (including phenoxy) is 3. The van der Waals surface area contributed by atoms with Crippen LogP contribution in [0.1, 0.15) is 16.4 Å². The van der Waals surface area contributed by atoms with Gasteiger partial charge in [0, 0.05) is 5.56 Å². The van der Waals surface area contributed by atoms with E-state index in [0.717, 1.165) is 11.1 Å². The molecule has 31 heavy (non-hydrogen) atoms. The Labute approximate surface area is 185 Å². The van der Waals surface area contributed by atoms with Crippen molar-refractivity contribution in [1.29, 1.82) is 0 Å². The Morgan fingerprint density at radius 2 is 1.29 bits per heavy atom. The number of aromatic nitrogens is 2. The second-order valence-corrected chi connectivity index (χ2v) is 7.66. The molecule has 4 rings (SSSR count). The normalized spacial score (nSPS) is 10.8. The number of hydrogen-bond donors (Lipinski definition) is 0. The van der Waals surface area contributed by atoms with Crippen LogP contribution in [0.2, 0.25) is 0 Å². The van der Waals surface area contributed by atoms with Gasteiger partial charge in [0.15, 0.2) is 11.5 Å². The average molecular weight is 435 g/mol. The van der Waals surface area contributed by atoms with E-state index >= 15 is 0 Å². The van der Waals surface area contributed by atoms with Gasteiger partial charge in [-0.1, -0.05) is 72.4 Å². The zero-order valence-electron chi connectivity index (χ0n) is 17.4. The summed E-state index contributed by atoms with van der Waals surface area (Å²) in [6.45, 7) is 0. The van der Waals surface area contributed by atoms with E-state index in [0.29, 0.717) is 33.9 Å². The third-order valence-corrected chi connectivity index (χ3v) is 5.89. The molecule has 158 valence electrons. The first-order valence-corrected chi connectivity index (χ1v) is 10.5. The van der Waals surface area contributed by atoms with E-state index in [1.807, 2.05) is 36.4 Å². The van der Waals surface area contributed by atoms with Crippen molar-refractivity contribution in [2.24, 2.45) is 0 Å². The van der Waals surface area contributed by atoms with Crippen LogP contribution in [0.5, 0.6) is 17.2 Å². The summed E-state index contributed by atoms with van der Waals surface area (Å²) in [5, 5.41) is 9.01. The van der Waals surface area contributed by atoms with E-state index < -0.39 is 0 Å². The van der Waals surface area contributed by atoms with Crippen LogP contribution in [0.15, 0.2) is 82.4 Å². The molecule has 0 aliphatic heterocycles. The molecule has 6 nitrogen and oxygen atoms in total. The maximum atomic E-state index is 6.00. The molecule has 7 heteroatoms. The fourth-order valence-corrected chi connectivity index (χ4v) is 4.27. The Kier molecular flexibility index (Phi) is 6.43. The molecule has 0 amide bonds. The lowest BCUT2D eigenvalue weighted by atomic mass is 10.0. The van der Waals surface area contributed by atoms with E-state index in [1.54, 1.807) is 33.5 Å². The SMILES string of the molecule is COc1cc(-c2nnc(SC(c3ccccc3)c3ccccc3)o2)cc(OC)c1OC. The van der Waals surface area contributed by atoms with Gasteiger partial charge >= 0.3 is 0 Å². The third kappa shape index (κ3) is 4.51. The summed E-state index contributed by atoms with van der Waals surface area (Å²) in [4.78, 5) is 0. The summed E-state index contributed by atoms with van der Waals surface area (Å²) in [5.41, 5.74) is 3.00. The first kappa shape index (κ1) is 20.8. The molecule has 0 aliphatic rings. The minimum atomic E-state index is 0.0237. The second kappa shape index (κ2) is 9.57. The van der Waals surface area contributed by atoms with Crippen molar-refractivity contribution in [3.63, 3.8) is 0 Å². The topological polar surface area (TPSA) is 66.6 Å². The summed E-state index contributed by atoms with van der Waals surface area (Å²) >= 11 is 1.51. The molecule has 0 saturated carbocycles. The number of rotatable bonds is 8. The number of thioether (sulfide) groups is 1. The van der Waals surface area contributed by atoms with Crippen LogP contribution in [-0.4, -0.2) is 31.5 Å². The zero-order chi connectivity index (χ0) is 21.6. The standard InChI is InChI=1S/C24H22N2O4S/c1-27-19-14-18(15-20(28-2)21(19)29-3)23-25-26-24(30-23)31-22(16-10-6-4-7-11-16)17-12-8-5-9-13-17/h4-15,22H,1-3H3. The number of methoxy groups -OCH3 is 3. The lowest BCUT2D eigenvalue weighted by Gasteiger charge is -2.15. The van der Waals surface area contributed by atoms with Gasteiger partial charge in [0.25, 0.3) is 5.22 Å². The minimum Gasteiger partial charge on any atom is -0.493 e. The molecule has 0 spiro atoms. The van der Waals surface area contributed by atoms with Gasteiger partial charge in [0.2, 0.25) is 11.6 Å². The molecule has 0 radical (unpaired) electrons. The number of nitrogens with zero attached hydrogens (tertiary/aromatic N) is 2. The summed E-state index contributed by atoms with van der Waals surface area (Å²) in [7, 11) is 4.70. The molecular formula is C24H22N2O4S.